The molecule has 1 aromatic heterocycles. The van der Waals surface area contributed by atoms with E-state index < -0.39 is 0 Å². The number of nitrogens with one attached hydrogen (secondary N) is 1. The molecule has 0 fully saturated rings. The van der Waals surface area contributed by atoms with Crippen molar-refractivity contribution in [3.05, 3.63) is 17.8 Å². The molecule has 1 rings (SSSR count). The first-order chi connectivity index (χ1) is 8.38. The number of nitriles is 1. The highest BCUT2D eigenvalue weighted by atomic mass is 16.5. The average molecular weight is 236 g/mol. The second kappa shape index (κ2) is 8.44. The maximum atomic E-state index is 8.82. The molecule has 0 aliphatic carbocycles. The number of hydrogen-bond donors (Lipinski definition) is 1. The fourth-order valence-electron chi connectivity index (χ4n) is 1.18. The van der Waals surface area contributed by atoms with E-state index in [-0.39, 0.29) is 0 Å². The molecule has 0 atom stereocenters. The lowest BCUT2D eigenvalue weighted by molar-refractivity contribution is 0.0705. The number of anilines is 1. The van der Waals surface area contributed by atoms with E-state index in [9.17, 15) is 0 Å². The summed E-state index contributed by atoms with van der Waals surface area (Å²) >= 11 is 0. The molecule has 17 heavy (non-hydrogen) atoms. The van der Waals surface area contributed by atoms with Crippen LogP contribution in [-0.2, 0) is 9.47 Å². The number of hydrogen-bond acceptors (Lipinski definition) is 6. The van der Waals surface area contributed by atoms with Gasteiger partial charge in [-0.25, -0.2) is 0 Å². The summed E-state index contributed by atoms with van der Waals surface area (Å²) in [6.45, 7) is 2.56. The first-order valence-electron chi connectivity index (χ1n) is 5.41. The molecular formula is C11H16N4O2. The third-order valence-corrected chi connectivity index (χ3v) is 2.03. The van der Waals surface area contributed by atoms with E-state index in [2.05, 4.69) is 21.6 Å². The molecular weight excluding hydrogens is 220 g/mol. The maximum Gasteiger partial charge on any atom is 0.166 e. The van der Waals surface area contributed by atoms with Gasteiger partial charge in [0, 0.05) is 20.3 Å². The quantitative estimate of drug-likeness (QED) is 0.673. The van der Waals surface area contributed by atoms with E-state index in [1.54, 1.807) is 13.2 Å². The zero-order valence-corrected chi connectivity index (χ0v) is 9.85. The molecule has 0 saturated carbocycles. The normalized spacial score (nSPS) is 9.88. The Balaban J connectivity index is 2.16. The number of aromatic nitrogens is 2. The predicted molar refractivity (Wildman–Crippen MR) is 62.5 cm³/mol. The van der Waals surface area contributed by atoms with Gasteiger partial charge in [0.15, 0.2) is 5.82 Å². The lowest BCUT2D eigenvalue weighted by atomic mass is 10.3. The molecule has 1 heterocycles. The summed E-state index contributed by atoms with van der Waals surface area (Å²) < 4.78 is 10.2. The van der Waals surface area contributed by atoms with Crippen molar-refractivity contribution in [2.24, 2.45) is 0 Å². The molecule has 0 unspecified atom stereocenters. The predicted octanol–water partition coefficient (Wildman–Crippen LogP) is 0.813. The van der Waals surface area contributed by atoms with Crippen molar-refractivity contribution in [2.75, 3.05) is 38.8 Å². The molecule has 1 N–H and O–H groups in total. The Labute approximate surface area is 101 Å². The van der Waals surface area contributed by atoms with Gasteiger partial charge < -0.3 is 14.8 Å². The molecule has 0 spiro atoms. The van der Waals surface area contributed by atoms with Gasteiger partial charge in [-0.1, -0.05) is 0 Å². The van der Waals surface area contributed by atoms with Crippen LogP contribution in [0, 0.1) is 11.3 Å². The fourth-order valence-corrected chi connectivity index (χ4v) is 1.18. The highest BCUT2D eigenvalue weighted by molar-refractivity contribution is 5.49. The molecule has 0 saturated heterocycles. The van der Waals surface area contributed by atoms with Gasteiger partial charge in [-0.3, -0.25) is 0 Å². The van der Waals surface area contributed by atoms with Crippen molar-refractivity contribution < 1.29 is 9.47 Å². The van der Waals surface area contributed by atoms with Crippen LogP contribution in [0.4, 0.5) is 5.82 Å². The molecule has 92 valence electrons. The van der Waals surface area contributed by atoms with E-state index in [1.807, 2.05) is 0 Å². The molecule has 0 bridgehead atoms. The van der Waals surface area contributed by atoms with Crippen LogP contribution >= 0.6 is 0 Å². The fraction of sp³-hybridized carbons (Fsp3) is 0.545. The molecule has 0 aliphatic rings. The van der Waals surface area contributed by atoms with Crippen molar-refractivity contribution in [3.63, 3.8) is 0 Å². The average Bonchev–Trinajstić information content (AvgIpc) is 2.38. The highest BCUT2D eigenvalue weighted by Gasteiger charge is 2.01. The summed E-state index contributed by atoms with van der Waals surface area (Å²) in [5, 5.41) is 19.4. The van der Waals surface area contributed by atoms with Crippen molar-refractivity contribution >= 4 is 5.82 Å². The van der Waals surface area contributed by atoms with E-state index >= 15 is 0 Å². The van der Waals surface area contributed by atoms with Gasteiger partial charge in [0.2, 0.25) is 0 Å². The molecule has 1 aromatic rings. The molecule has 0 radical (unpaired) electrons. The zero-order chi connectivity index (χ0) is 12.3. The van der Waals surface area contributed by atoms with E-state index in [0.29, 0.717) is 37.7 Å². The summed E-state index contributed by atoms with van der Waals surface area (Å²) in [4.78, 5) is 0. The van der Waals surface area contributed by atoms with Gasteiger partial charge >= 0.3 is 0 Å². The molecule has 6 heteroatoms. The van der Waals surface area contributed by atoms with Crippen LogP contribution in [0.5, 0.6) is 0 Å². The summed E-state index contributed by atoms with van der Waals surface area (Å²) in [6.07, 6.45) is 2.34. The summed E-state index contributed by atoms with van der Waals surface area (Å²) in [7, 11) is 1.64. The van der Waals surface area contributed by atoms with Crippen molar-refractivity contribution in [1.82, 2.24) is 10.2 Å². The minimum Gasteiger partial charge on any atom is -0.382 e. The molecule has 0 amide bonds. The maximum absolute atomic E-state index is 8.82. The van der Waals surface area contributed by atoms with Gasteiger partial charge in [-0.15, -0.1) is 5.10 Å². The number of ether oxygens (including phenoxy) is 2. The van der Waals surface area contributed by atoms with Crippen LogP contribution < -0.4 is 5.32 Å². The Bertz CT molecular complexity index is 365. The largest absolute Gasteiger partial charge is 0.382 e. The summed E-state index contributed by atoms with van der Waals surface area (Å²) in [5.74, 6) is 0.520. The van der Waals surface area contributed by atoms with Crippen LogP contribution in [0.2, 0.25) is 0 Å². The minimum atomic E-state index is 0.500. The Kier molecular flexibility index (Phi) is 6.63. The van der Waals surface area contributed by atoms with Crippen LogP contribution in [0.1, 0.15) is 12.0 Å². The first kappa shape index (κ1) is 13.4. The van der Waals surface area contributed by atoms with Crippen LogP contribution in [-0.4, -0.2) is 43.7 Å². The lowest BCUT2D eigenvalue weighted by Crippen LogP contribution is -2.10. The Morgan fingerprint density at radius 2 is 2.29 bits per heavy atom. The first-order valence-corrected chi connectivity index (χ1v) is 5.41. The Morgan fingerprint density at radius 1 is 1.41 bits per heavy atom. The third kappa shape index (κ3) is 5.24. The van der Waals surface area contributed by atoms with E-state index in [0.717, 1.165) is 6.42 Å². The second-order valence-electron chi connectivity index (χ2n) is 3.29. The topological polar surface area (TPSA) is 80.1 Å². The van der Waals surface area contributed by atoms with Crippen LogP contribution in [0.15, 0.2) is 12.3 Å². The van der Waals surface area contributed by atoms with E-state index in [4.69, 9.17) is 14.7 Å². The molecule has 6 nitrogen and oxygen atoms in total. The smallest absolute Gasteiger partial charge is 0.166 e. The SMILES string of the molecule is COCCOCCCNc1nnccc1C#N. The van der Waals surface area contributed by atoms with Crippen molar-refractivity contribution in [2.45, 2.75) is 6.42 Å². The number of methoxy groups -OCH3 is 1. The van der Waals surface area contributed by atoms with Gasteiger partial charge in [0.25, 0.3) is 0 Å². The third-order valence-electron chi connectivity index (χ3n) is 2.03. The standard InChI is InChI=1S/C11H16N4O2/c1-16-7-8-17-6-2-4-13-11-10(9-12)3-5-14-15-11/h3,5H,2,4,6-8H2,1H3,(H,13,15). The van der Waals surface area contributed by atoms with Crippen LogP contribution in [0.3, 0.4) is 0 Å². The second-order valence-corrected chi connectivity index (χ2v) is 3.29. The monoisotopic (exact) mass is 236 g/mol. The molecule has 0 aromatic carbocycles. The van der Waals surface area contributed by atoms with Gasteiger partial charge in [-0.05, 0) is 12.5 Å². The Morgan fingerprint density at radius 3 is 3.06 bits per heavy atom. The van der Waals surface area contributed by atoms with E-state index in [1.165, 1.54) is 6.20 Å². The van der Waals surface area contributed by atoms with Crippen molar-refractivity contribution in [1.29, 1.82) is 5.26 Å². The Hall–Kier alpha value is -1.71. The minimum absolute atomic E-state index is 0.500. The molecule has 0 aliphatic heterocycles. The summed E-state index contributed by atoms with van der Waals surface area (Å²) in [5.41, 5.74) is 0.500. The van der Waals surface area contributed by atoms with Gasteiger partial charge in [0.05, 0.1) is 25.0 Å². The zero-order valence-electron chi connectivity index (χ0n) is 9.85. The number of rotatable bonds is 8. The van der Waals surface area contributed by atoms with Crippen LogP contribution in [0.25, 0.3) is 0 Å². The van der Waals surface area contributed by atoms with Gasteiger partial charge in [-0.2, -0.15) is 10.4 Å². The summed E-state index contributed by atoms with van der Waals surface area (Å²) in [6, 6.07) is 3.68. The lowest BCUT2D eigenvalue weighted by Gasteiger charge is -2.06. The van der Waals surface area contributed by atoms with Crippen molar-refractivity contribution in [3.8, 4) is 6.07 Å². The van der Waals surface area contributed by atoms with Gasteiger partial charge in [0.1, 0.15) is 6.07 Å². The highest BCUT2D eigenvalue weighted by Crippen LogP contribution is 2.07. The number of nitrogens with zero attached hydrogens (tertiary/aromatic N) is 3.